The van der Waals surface area contributed by atoms with Gasteiger partial charge in [-0.05, 0) is 30.0 Å². The molecule has 2 aromatic rings. The van der Waals surface area contributed by atoms with Gasteiger partial charge in [-0.25, -0.2) is 4.79 Å². The topological polar surface area (TPSA) is 98.7 Å². The normalized spacial score (nSPS) is 10.2. The van der Waals surface area contributed by atoms with Gasteiger partial charge in [-0.3, -0.25) is 0 Å². The van der Waals surface area contributed by atoms with Gasteiger partial charge in [-0.15, -0.1) is 0 Å². The molecule has 0 aliphatic rings. The molecule has 0 N–H and O–H groups in total. The summed E-state index contributed by atoms with van der Waals surface area (Å²) in [5, 5.41) is 0. The van der Waals surface area contributed by atoms with E-state index in [0.29, 0.717) is 18.4 Å². The average Bonchev–Trinajstić information content (AvgIpc) is 2.52. The molecule has 0 spiro atoms. The molecular formula is C16H15K2O6P. The molecule has 0 atom stereocenters. The zero-order valence-electron chi connectivity index (χ0n) is 14.4. The Morgan fingerprint density at radius 3 is 2.20 bits per heavy atom. The van der Waals surface area contributed by atoms with Crippen molar-refractivity contribution < 1.29 is 131 Å². The summed E-state index contributed by atoms with van der Waals surface area (Å²) in [7, 11) is -4.09. The van der Waals surface area contributed by atoms with E-state index in [-0.39, 0.29) is 114 Å². The first-order valence-corrected chi connectivity index (χ1v) is 8.32. The molecule has 0 aliphatic heterocycles. The Morgan fingerprint density at radius 1 is 1.00 bits per heavy atom. The molecule has 2 aromatic carbocycles. The minimum absolute atomic E-state index is 0. The van der Waals surface area contributed by atoms with Crippen LogP contribution < -0.4 is 117 Å². The van der Waals surface area contributed by atoms with Crippen LogP contribution in [-0.4, -0.2) is 13.1 Å². The van der Waals surface area contributed by atoms with Gasteiger partial charge in [-0.1, -0.05) is 42.5 Å². The molecule has 0 heterocycles. The number of phosphoric acid groups is 1. The van der Waals surface area contributed by atoms with Crippen molar-refractivity contribution >= 4 is 13.8 Å². The molecular weight excluding hydrogens is 397 g/mol. The monoisotopic (exact) mass is 412 g/mol. The number of carbonyl (C=O) groups is 1. The molecule has 0 aliphatic carbocycles. The molecule has 25 heavy (non-hydrogen) atoms. The fraction of sp³-hybridized carbons (Fsp3) is 0.188. The van der Waals surface area contributed by atoms with E-state index in [4.69, 9.17) is 0 Å². The number of aryl methyl sites for hydroxylation is 2. The minimum Gasteiger partial charge on any atom is -0.780 e. The van der Waals surface area contributed by atoms with Crippen LogP contribution in [0.3, 0.4) is 0 Å². The standard InChI is InChI=1S/C16H17O6P.2K/c1-21-16(17)15-13(11-10-12-6-3-2-4-7-12)8-5-9-14(15)22-23(18,19)20;;/h2-9H,10-11H2,1H3,(H2,18,19,20);;/q;2*+1/p-2. The Balaban J connectivity index is 0.00000288. The van der Waals surface area contributed by atoms with E-state index in [9.17, 15) is 19.1 Å². The number of carbonyl (C=O) groups excluding carboxylic acids is 1. The van der Waals surface area contributed by atoms with E-state index in [2.05, 4.69) is 9.26 Å². The van der Waals surface area contributed by atoms with E-state index in [1.807, 2.05) is 30.3 Å². The van der Waals surface area contributed by atoms with Gasteiger partial charge in [0.15, 0.2) is 0 Å². The fourth-order valence-corrected chi connectivity index (χ4v) is 2.63. The van der Waals surface area contributed by atoms with Crippen LogP contribution in [0.5, 0.6) is 5.75 Å². The molecule has 0 saturated carbocycles. The number of hydrogen-bond acceptors (Lipinski definition) is 6. The van der Waals surface area contributed by atoms with Crippen molar-refractivity contribution in [3.63, 3.8) is 0 Å². The van der Waals surface area contributed by atoms with Crippen molar-refractivity contribution in [2.75, 3.05) is 7.11 Å². The van der Waals surface area contributed by atoms with Crippen LogP contribution in [0.15, 0.2) is 48.5 Å². The van der Waals surface area contributed by atoms with Crippen molar-refractivity contribution in [2.45, 2.75) is 12.8 Å². The van der Waals surface area contributed by atoms with Crippen LogP contribution in [0, 0.1) is 0 Å². The molecule has 0 fully saturated rings. The molecule has 0 bridgehead atoms. The minimum atomic E-state index is -5.27. The Hall–Kier alpha value is 1.13. The molecule has 122 valence electrons. The maximum atomic E-state index is 12.0. The third-order valence-electron chi connectivity index (χ3n) is 3.24. The summed E-state index contributed by atoms with van der Waals surface area (Å²) in [5.41, 5.74) is 1.57. The Bertz CT molecular complexity index is 733. The van der Waals surface area contributed by atoms with Crippen LogP contribution in [0.2, 0.25) is 0 Å². The summed E-state index contributed by atoms with van der Waals surface area (Å²) in [4.78, 5) is 33.7. The summed E-state index contributed by atoms with van der Waals surface area (Å²) in [6, 6.07) is 14.0. The number of esters is 1. The maximum Gasteiger partial charge on any atom is 1.00 e. The predicted octanol–water partition coefficient (Wildman–Crippen LogP) is -4.53. The van der Waals surface area contributed by atoms with E-state index in [0.717, 1.165) is 5.56 Å². The van der Waals surface area contributed by atoms with E-state index >= 15 is 0 Å². The van der Waals surface area contributed by atoms with E-state index < -0.39 is 13.8 Å². The van der Waals surface area contributed by atoms with Gasteiger partial charge in [0.1, 0.15) is 19.1 Å². The van der Waals surface area contributed by atoms with Gasteiger partial charge in [0, 0.05) is 0 Å². The number of benzene rings is 2. The van der Waals surface area contributed by atoms with Gasteiger partial charge < -0.3 is 23.6 Å². The van der Waals surface area contributed by atoms with Gasteiger partial charge >= 0.3 is 109 Å². The van der Waals surface area contributed by atoms with Gasteiger partial charge in [0.05, 0.1) is 7.11 Å². The van der Waals surface area contributed by atoms with Crippen LogP contribution in [0.4, 0.5) is 0 Å². The molecule has 2 rings (SSSR count). The average molecular weight is 412 g/mol. The molecule has 0 amide bonds. The van der Waals surface area contributed by atoms with Crippen molar-refractivity contribution in [3.8, 4) is 5.75 Å². The SMILES string of the molecule is COC(=O)c1c(CCc2ccccc2)cccc1OP(=O)([O-])[O-].[K+].[K+]. The zero-order valence-corrected chi connectivity index (χ0v) is 21.6. The Morgan fingerprint density at radius 2 is 1.64 bits per heavy atom. The summed E-state index contributed by atoms with van der Waals surface area (Å²) >= 11 is 0. The number of phosphoric ester groups is 1. The fourth-order valence-electron chi connectivity index (χ4n) is 2.24. The largest absolute Gasteiger partial charge is 1.00 e. The van der Waals surface area contributed by atoms with Crippen LogP contribution >= 0.6 is 7.82 Å². The number of rotatable bonds is 6. The molecule has 0 unspecified atom stereocenters. The molecule has 6 nitrogen and oxygen atoms in total. The second-order valence-corrected chi connectivity index (χ2v) is 5.88. The summed E-state index contributed by atoms with van der Waals surface area (Å²) < 4.78 is 19.9. The third kappa shape index (κ3) is 8.78. The first-order chi connectivity index (χ1) is 10.9. The van der Waals surface area contributed by atoms with Crippen molar-refractivity contribution in [2.24, 2.45) is 0 Å². The van der Waals surface area contributed by atoms with Crippen molar-refractivity contribution in [1.82, 2.24) is 0 Å². The van der Waals surface area contributed by atoms with Gasteiger partial charge in [-0.2, -0.15) is 0 Å². The second kappa shape index (κ2) is 12.6. The molecule has 9 heteroatoms. The Kier molecular flexibility index (Phi) is 13.1. The smallest absolute Gasteiger partial charge is 0.780 e. The molecule has 0 saturated heterocycles. The van der Waals surface area contributed by atoms with Crippen LogP contribution in [0.1, 0.15) is 21.5 Å². The Labute approximate surface area is 231 Å². The number of hydrogen-bond donors (Lipinski definition) is 0. The van der Waals surface area contributed by atoms with Crippen LogP contribution in [0.25, 0.3) is 0 Å². The molecule has 0 aromatic heterocycles. The van der Waals surface area contributed by atoms with Crippen molar-refractivity contribution in [1.29, 1.82) is 0 Å². The van der Waals surface area contributed by atoms with Gasteiger partial charge in [0.25, 0.3) is 0 Å². The summed E-state index contributed by atoms with van der Waals surface area (Å²) in [6.45, 7) is 0. The predicted molar refractivity (Wildman–Crippen MR) is 79.9 cm³/mol. The number of ether oxygens (including phenoxy) is 1. The third-order valence-corrected chi connectivity index (χ3v) is 3.66. The second-order valence-electron chi connectivity index (χ2n) is 4.81. The first kappa shape index (κ1) is 26.1. The molecule has 0 radical (unpaired) electrons. The van der Waals surface area contributed by atoms with E-state index in [1.165, 1.54) is 19.2 Å². The maximum absolute atomic E-state index is 12.0. The van der Waals surface area contributed by atoms with E-state index in [1.54, 1.807) is 6.07 Å². The number of methoxy groups -OCH3 is 1. The first-order valence-electron chi connectivity index (χ1n) is 6.86. The van der Waals surface area contributed by atoms with Crippen LogP contribution in [-0.2, 0) is 22.1 Å². The summed E-state index contributed by atoms with van der Waals surface area (Å²) in [6.07, 6.45) is 1.11. The zero-order chi connectivity index (χ0) is 16.9. The summed E-state index contributed by atoms with van der Waals surface area (Å²) in [5.74, 6) is -1.06. The van der Waals surface area contributed by atoms with Gasteiger partial charge in [0.2, 0.25) is 0 Å². The quantitative estimate of drug-likeness (QED) is 0.269. The van der Waals surface area contributed by atoms with Crippen molar-refractivity contribution in [3.05, 3.63) is 65.2 Å².